The van der Waals surface area contributed by atoms with Crippen LogP contribution in [0.4, 0.5) is 4.39 Å². The first-order valence-electron chi connectivity index (χ1n) is 5.91. The third kappa shape index (κ3) is 3.78. The number of aliphatic hydroxyl groups is 1. The predicted molar refractivity (Wildman–Crippen MR) is 75.5 cm³/mol. The molecule has 0 aliphatic rings. The van der Waals surface area contributed by atoms with Gasteiger partial charge in [-0.2, -0.15) is 0 Å². The van der Waals surface area contributed by atoms with Crippen LogP contribution in [0.3, 0.4) is 0 Å². The molecule has 0 amide bonds. The van der Waals surface area contributed by atoms with Gasteiger partial charge in [0.25, 0.3) is 0 Å². The Labute approximate surface area is 120 Å². The lowest BCUT2D eigenvalue weighted by atomic mass is 10.1. The molecule has 0 radical (unpaired) electrons. The molecule has 1 N–H and O–H groups in total. The van der Waals surface area contributed by atoms with Crippen LogP contribution in [0.2, 0.25) is 0 Å². The molecule has 1 unspecified atom stereocenters. The van der Waals surface area contributed by atoms with Crippen molar-refractivity contribution in [2.45, 2.75) is 19.6 Å². The summed E-state index contributed by atoms with van der Waals surface area (Å²) in [6.07, 6.45) is -0.527. The Kier molecular flexibility index (Phi) is 4.56. The molecule has 0 bridgehead atoms. The van der Waals surface area contributed by atoms with Gasteiger partial charge < -0.3 is 9.84 Å². The minimum absolute atomic E-state index is 0.285. The number of ether oxygens (including phenoxy) is 1. The monoisotopic (exact) mass is 324 g/mol. The van der Waals surface area contributed by atoms with E-state index in [4.69, 9.17) is 4.74 Å². The van der Waals surface area contributed by atoms with E-state index in [0.29, 0.717) is 16.8 Å². The standard InChI is InChI=1S/C15H14BrFO2/c1-10(18)11-3-2-4-14(7-11)19-9-12-5-6-13(17)8-15(12)16/h2-8,10,18H,9H2,1H3. The van der Waals surface area contributed by atoms with Crippen LogP contribution in [-0.2, 0) is 6.61 Å². The molecular weight excluding hydrogens is 311 g/mol. The Morgan fingerprint density at radius 2 is 2.05 bits per heavy atom. The van der Waals surface area contributed by atoms with Crippen LogP contribution in [-0.4, -0.2) is 5.11 Å². The van der Waals surface area contributed by atoms with Crippen LogP contribution in [0.1, 0.15) is 24.2 Å². The molecule has 2 aromatic rings. The third-order valence-electron chi connectivity index (χ3n) is 2.75. The van der Waals surface area contributed by atoms with Crippen molar-refractivity contribution in [3.05, 3.63) is 63.9 Å². The minimum atomic E-state index is -0.527. The molecule has 0 aromatic heterocycles. The molecular formula is C15H14BrFO2. The molecule has 100 valence electrons. The number of halogens is 2. The zero-order chi connectivity index (χ0) is 13.8. The number of rotatable bonds is 4. The summed E-state index contributed by atoms with van der Waals surface area (Å²) in [5, 5.41) is 9.50. The van der Waals surface area contributed by atoms with Crippen molar-refractivity contribution in [1.29, 1.82) is 0 Å². The summed E-state index contributed by atoms with van der Waals surface area (Å²) < 4.78 is 19.3. The van der Waals surface area contributed by atoms with Gasteiger partial charge in [-0.1, -0.05) is 34.1 Å². The summed E-state index contributed by atoms with van der Waals surface area (Å²) in [5.41, 5.74) is 1.67. The van der Waals surface area contributed by atoms with Gasteiger partial charge in [0.15, 0.2) is 0 Å². The van der Waals surface area contributed by atoms with Crippen LogP contribution in [0, 0.1) is 5.82 Å². The largest absolute Gasteiger partial charge is 0.489 e. The summed E-state index contributed by atoms with van der Waals surface area (Å²) in [7, 11) is 0. The van der Waals surface area contributed by atoms with Gasteiger partial charge in [-0.3, -0.25) is 0 Å². The minimum Gasteiger partial charge on any atom is -0.489 e. The summed E-state index contributed by atoms with van der Waals surface area (Å²) in [4.78, 5) is 0. The lowest BCUT2D eigenvalue weighted by molar-refractivity contribution is 0.198. The Morgan fingerprint density at radius 3 is 2.74 bits per heavy atom. The lowest BCUT2D eigenvalue weighted by Crippen LogP contribution is -1.98. The lowest BCUT2D eigenvalue weighted by Gasteiger charge is -2.10. The van der Waals surface area contributed by atoms with Crippen LogP contribution in [0.25, 0.3) is 0 Å². The van der Waals surface area contributed by atoms with Crippen LogP contribution >= 0.6 is 15.9 Å². The quantitative estimate of drug-likeness (QED) is 0.912. The highest BCUT2D eigenvalue weighted by Gasteiger charge is 2.05. The number of hydrogen-bond donors (Lipinski definition) is 1. The van der Waals surface area contributed by atoms with E-state index in [-0.39, 0.29) is 5.82 Å². The molecule has 1 atom stereocenters. The van der Waals surface area contributed by atoms with Crippen molar-refractivity contribution < 1.29 is 14.2 Å². The molecule has 19 heavy (non-hydrogen) atoms. The molecule has 0 heterocycles. The molecule has 0 spiro atoms. The van der Waals surface area contributed by atoms with Gasteiger partial charge in [-0.05, 0) is 36.8 Å². The molecule has 0 saturated carbocycles. The van der Waals surface area contributed by atoms with E-state index in [1.54, 1.807) is 19.1 Å². The fraction of sp³-hybridized carbons (Fsp3) is 0.200. The second-order valence-electron chi connectivity index (χ2n) is 4.27. The normalized spacial score (nSPS) is 12.2. The molecule has 0 aliphatic carbocycles. The third-order valence-corrected chi connectivity index (χ3v) is 3.49. The van der Waals surface area contributed by atoms with Crippen molar-refractivity contribution >= 4 is 15.9 Å². The van der Waals surface area contributed by atoms with Gasteiger partial charge in [-0.15, -0.1) is 0 Å². The van der Waals surface area contributed by atoms with Gasteiger partial charge in [0.05, 0.1) is 6.10 Å². The van der Waals surface area contributed by atoms with Crippen molar-refractivity contribution in [2.75, 3.05) is 0 Å². The van der Waals surface area contributed by atoms with Crippen LogP contribution in [0.5, 0.6) is 5.75 Å². The summed E-state index contributed by atoms with van der Waals surface area (Å²) in [5.74, 6) is 0.390. The maximum absolute atomic E-state index is 13.0. The summed E-state index contributed by atoms with van der Waals surface area (Å²) in [6.45, 7) is 2.04. The predicted octanol–water partition coefficient (Wildman–Crippen LogP) is 4.22. The molecule has 0 fully saturated rings. The average Bonchev–Trinajstić information content (AvgIpc) is 2.38. The van der Waals surface area contributed by atoms with Gasteiger partial charge in [0.1, 0.15) is 18.2 Å². The molecule has 4 heteroatoms. The highest BCUT2D eigenvalue weighted by Crippen LogP contribution is 2.22. The Hall–Kier alpha value is -1.39. The van der Waals surface area contributed by atoms with Gasteiger partial charge in [0.2, 0.25) is 0 Å². The smallest absolute Gasteiger partial charge is 0.124 e. The average molecular weight is 325 g/mol. The van der Waals surface area contributed by atoms with E-state index in [2.05, 4.69) is 15.9 Å². The highest BCUT2D eigenvalue weighted by atomic mass is 79.9. The first-order chi connectivity index (χ1) is 9.06. The van der Waals surface area contributed by atoms with Gasteiger partial charge >= 0.3 is 0 Å². The molecule has 2 nitrogen and oxygen atoms in total. The zero-order valence-corrected chi connectivity index (χ0v) is 12.0. The summed E-state index contributed by atoms with van der Waals surface area (Å²) >= 11 is 3.30. The maximum atomic E-state index is 13.0. The summed E-state index contributed by atoms with van der Waals surface area (Å²) in [6, 6.07) is 11.8. The van der Waals surface area contributed by atoms with Crippen LogP contribution in [0.15, 0.2) is 46.9 Å². The van der Waals surface area contributed by atoms with E-state index in [9.17, 15) is 9.50 Å². The Balaban J connectivity index is 2.08. The highest BCUT2D eigenvalue weighted by molar-refractivity contribution is 9.10. The fourth-order valence-electron chi connectivity index (χ4n) is 1.66. The molecule has 0 saturated heterocycles. The molecule has 2 aromatic carbocycles. The van der Waals surface area contributed by atoms with E-state index < -0.39 is 6.10 Å². The van der Waals surface area contributed by atoms with Crippen molar-refractivity contribution in [2.24, 2.45) is 0 Å². The van der Waals surface area contributed by atoms with E-state index in [0.717, 1.165) is 11.1 Å². The van der Waals surface area contributed by atoms with Gasteiger partial charge in [0, 0.05) is 10.0 Å². The first-order valence-corrected chi connectivity index (χ1v) is 6.70. The van der Waals surface area contributed by atoms with E-state index in [1.807, 2.05) is 18.2 Å². The fourth-order valence-corrected chi connectivity index (χ4v) is 2.13. The van der Waals surface area contributed by atoms with E-state index >= 15 is 0 Å². The molecule has 0 aliphatic heterocycles. The van der Waals surface area contributed by atoms with Crippen molar-refractivity contribution in [3.63, 3.8) is 0 Å². The molecule has 2 rings (SSSR count). The Morgan fingerprint density at radius 1 is 1.26 bits per heavy atom. The SMILES string of the molecule is CC(O)c1cccc(OCc2ccc(F)cc2Br)c1. The topological polar surface area (TPSA) is 29.5 Å². The number of hydrogen-bond acceptors (Lipinski definition) is 2. The van der Waals surface area contributed by atoms with Crippen LogP contribution < -0.4 is 4.74 Å². The number of benzene rings is 2. The maximum Gasteiger partial charge on any atom is 0.124 e. The second kappa shape index (κ2) is 6.17. The Bertz CT molecular complexity index is 570. The van der Waals surface area contributed by atoms with Crippen molar-refractivity contribution in [1.82, 2.24) is 0 Å². The first kappa shape index (κ1) is 14.0. The number of aliphatic hydroxyl groups excluding tert-OH is 1. The van der Waals surface area contributed by atoms with Crippen molar-refractivity contribution in [3.8, 4) is 5.75 Å². The second-order valence-corrected chi connectivity index (χ2v) is 5.13. The van der Waals surface area contributed by atoms with Gasteiger partial charge in [-0.25, -0.2) is 4.39 Å². The van der Waals surface area contributed by atoms with E-state index in [1.165, 1.54) is 12.1 Å². The zero-order valence-electron chi connectivity index (χ0n) is 10.4.